The summed E-state index contributed by atoms with van der Waals surface area (Å²) in [5.74, 6) is 0.342. The van der Waals surface area contributed by atoms with Crippen LogP contribution >= 0.6 is 0 Å². The van der Waals surface area contributed by atoms with Gasteiger partial charge in [-0.1, -0.05) is 55.7 Å². The number of hydrogen-bond acceptors (Lipinski definition) is 5. The summed E-state index contributed by atoms with van der Waals surface area (Å²) in [4.78, 5) is 13.0. The van der Waals surface area contributed by atoms with E-state index in [0.717, 1.165) is 36.7 Å². The third kappa shape index (κ3) is 6.13. The van der Waals surface area contributed by atoms with E-state index in [-0.39, 0.29) is 36.4 Å². The summed E-state index contributed by atoms with van der Waals surface area (Å²) in [5.41, 5.74) is 1.47. The Kier molecular flexibility index (Phi) is 8.22. The number of carbonyl (C=O) groups excluding carboxylic acids is 1. The maximum atomic E-state index is 13.0. The monoisotopic (exact) mass is 467 g/mol. The molecule has 2 aliphatic carbocycles. The van der Waals surface area contributed by atoms with Crippen LogP contribution in [0.25, 0.3) is 6.08 Å². The molecular formula is C28H42BNO4. The van der Waals surface area contributed by atoms with Crippen LogP contribution in [0, 0.1) is 5.92 Å². The molecule has 1 aliphatic heterocycles. The Labute approximate surface area is 206 Å². The zero-order chi connectivity index (χ0) is 24.2. The first-order valence-corrected chi connectivity index (χ1v) is 13.3. The number of nitrogens with one attached hydrogen (secondary N) is 1. The molecule has 5 nitrogen and oxygen atoms in total. The Hall–Kier alpha value is -1.63. The van der Waals surface area contributed by atoms with Gasteiger partial charge in [0.1, 0.15) is 12.1 Å². The van der Waals surface area contributed by atoms with Crippen LogP contribution in [0.1, 0.15) is 91.0 Å². The topological polar surface area (TPSA) is 56.8 Å². The zero-order valence-corrected chi connectivity index (χ0v) is 21.5. The molecule has 3 fully saturated rings. The van der Waals surface area contributed by atoms with Gasteiger partial charge in [-0.25, -0.2) is 0 Å². The van der Waals surface area contributed by atoms with Gasteiger partial charge in [0.25, 0.3) is 0 Å². The lowest BCUT2D eigenvalue weighted by Crippen LogP contribution is -2.45. The first kappa shape index (κ1) is 25.5. The molecule has 3 aliphatic rings. The van der Waals surface area contributed by atoms with Crippen LogP contribution in [-0.4, -0.2) is 43.0 Å². The highest BCUT2D eigenvalue weighted by atomic mass is 16.7. The van der Waals surface area contributed by atoms with Crippen molar-refractivity contribution in [2.75, 3.05) is 6.54 Å². The van der Waals surface area contributed by atoms with Crippen LogP contribution < -0.4 is 10.8 Å². The smallest absolute Gasteiger partial charge is 0.461 e. The molecular weight excluding hydrogens is 425 g/mol. The molecule has 0 bridgehead atoms. The zero-order valence-electron chi connectivity index (χ0n) is 21.5. The molecule has 6 heteroatoms. The second-order valence-corrected chi connectivity index (χ2v) is 11.3. The van der Waals surface area contributed by atoms with E-state index in [2.05, 4.69) is 69.4 Å². The lowest BCUT2D eigenvalue weighted by atomic mass is 9.79. The van der Waals surface area contributed by atoms with E-state index in [1.165, 1.54) is 32.1 Å². The molecule has 0 unspecified atom stereocenters. The van der Waals surface area contributed by atoms with Crippen molar-refractivity contribution >= 4 is 24.6 Å². The molecule has 1 saturated heterocycles. The Morgan fingerprint density at radius 2 is 1.59 bits per heavy atom. The van der Waals surface area contributed by atoms with Crippen LogP contribution in [-0.2, 0) is 18.8 Å². The molecule has 0 amide bonds. The lowest BCUT2D eigenvalue weighted by Gasteiger charge is -2.32. The van der Waals surface area contributed by atoms with Gasteiger partial charge in [-0.15, -0.1) is 0 Å². The van der Waals surface area contributed by atoms with E-state index in [0.29, 0.717) is 12.5 Å². The number of rotatable bonds is 8. The highest BCUT2D eigenvalue weighted by Gasteiger charge is 2.51. The summed E-state index contributed by atoms with van der Waals surface area (Å²) < 4.78 is 18.2. The van der Waals surface area contributed by atoms with Gasteiger partial charge in [-0.3, -0.25) is 4.79 Å². The first-order chi connectivity index (χ1) is 16.2. The second kappa shape index (κ2) is 11.0. The van der Waals surface area contributed by atoms with Crippen LogP contribution in [0.4, 0.5) is 0 Å². The fourth-order valence-corrected chi connectivity index (χ4v) is 5.29. The van der Waals surface area contributed by atoms with E-state index in [1.807, 2.05) is 0 Å². The summed E-state index contributed by atoms with van der Waals surface area (Å²) >= 11 is 0. The number of carbonyl (C=O) groups is 1. The fraction of sp³-hybridized carbons (Fsp3) is 0.679. The number of hydrogen-bond donors (Lipinski definition) is 1. The summed E-state index contributed by atoms with van der Waals surface area (Å²) in [5, 5.41) is 3.51. The van der Waals surface area contributed by atoms with E-state index in [9.17, 15) is 4.79 Å². The van der Waals surface area contributed by atoms with Crippen LogP contribution in [0.15, 0.2) is 30.3 Å². The van der Waals surface area contributed by atoms with Gasteiger partial charge in [0.2, 0.25) is 0 Å². The van der Waals surface area contributed by atoms with Crippen LogP contribution in [0.5, 0.6) is 0 Å². The number of esters is 1. The van der Waals surface area contributed by atoms with Crippen LogP contribution in [0.3, 0.4) is 0 Å². The van der Waals surface area contributed by atoms with Crippen LogP contribution in [0.2, 0.25) is 0 Å². The van der Waals surface area contributed by atoms with Crippen molar-refractivity contribution in [2.24, 2.45) is 5.92 Å². The molecule has 1 atom stereocenters. The van der Waals surface area contributed by atoms with E-state index in [1.54, 1.807) is 0 Å². The van der Waals surface area contributed by atoms with Gasteiger partial charge in [0.15, 0.2) is 0 Å². The van der Waals surface area contributed by atoms with Crippen molar-refractivity contribution in [3.8, 4) is 0 Å². The van der Waals surface area contributed by atoms with Gasteiger partial charge in [-0.2, -0.15) is 0 Å². The predicted molar refractivity (Wildman–Crippen MR) is 138 cm³/mol. The quantitative estimate of drug-likeness (QED) is 0.430. The third-order valence-corrected chi connectivity index (χ3v) is 8.19. The predicted octanol–water partition coefficient (Wildman–Crippen LogP) is 5.02. The van der Waals surface area contributed by atoms with Gasteiger partial charge >= 0.3 is 13.1 Å². The highest BCUT2D eigenvalue weighted by molar-refractivity contribution is 6.62. The van der Waals surface area contributed by atoms with Crippen molar-refractivity contribution in [3.05, 3.63) is 35.9 Å². The Balaban J connectivity index is 1.31. The molecule has 0 aromatic heterocycles. The molecule has 0 radical (unpaired) electrons. The van der Waals surface area contributed by atoms with Gasteiger partial charge in [0, 0.05) is 6.54 Å². The molecule has 34 heavy (non-hydrogen) atoms. The molecule has 1 N–H and O–H groups in total. The largest absolute Gasteiger partial charge is 0.494 e. The lowest BCUT2D eigenvalue weighted by molar-refractivity contribution is -0.153. The second-order valence-electron chi connectivity index (χ2n) is 11.3. The summed E-state index contributed by atoms with van der Waals surface area (Å²) in [6.45, 7) is 8.94. The van der Waals surface area contributed by atoms with Gasteiger partial charge < -0.3 is 19.4 Å². The minimum atomic E-state index is -0.341. The normalized spacial score (nSPS) is 24.1. The first-order valence-electron chi connectivity index (χ1n) is 13.3. The fourth-order valence-electron chi connectivity index (χ4n) is 5.29. The van der Waals surface area contributed by atoms with Gasteiger partial charge in [0.05, 0.1) is 11.2 Å². The summed E-state index contributed by atoms with van der Waals surface area (Å²) in [6.07, 6.45) is 14.6. The number of benzene rings is 1. The summed E-state index contributed by atoms with van der Waals surface area (Å²) in [7, 11) is -0.341. The molecule has 1 aromatic carbocycles. The average Bonchev–Trinajstić information content (AvgIpc) is 3.39. The molecule has 4 rings (SSSR count). The van der Waals surface area contributed by atoms with Crippen molar-refractivity contribution in [2.45, 2.75) is 109 Å². The molecule has 2 saturated carbocycles. The third-order valence-electron chi connectivity index (χ3n) is 8.19. The van der Waals surface area contributed by atoms with Crippen molar-refractivity contribution in [1.29, 1.82) is 0 Å². The maximum absolute atomic E-state index is 13.0. The van der Waals surface area contributed by atoms with Crippen molar-refractivity contribution in [1.82, 2.24) is 5.32 Å². The van der Waals surface area contributed by atoms with Crippen molar-refractivity contribution in [3.63, 3.8) is 0 Å². The molecule has 0 spiro atoms. The number of ether oxygens (including phenoxy) is 1. The minimum absolute atomic E-state index is 0.0426. The highest BCUT2D eigenvalue weighted by Crippen LogP contribution is 2.36. The molecule has 1 heterocycles. The summed E-state index contributed by atoms with van der Waals surface area (Å²) in [6, 6.07) is 8.11. The minimum Gasteiger partial charge on any atom is -0.461 e. The van der Waals surface area contributed by atoms with E-state index < -0.39 is 0 Å². The van der Waals surface area contributed by atoms with E-state index in [4.69, 9.17) is 14.0 Å². The Morgan fingerprint density at radius 1 is 1.00 bits per heavy atom. The molecule has 186 valence electrons. The molecule has 1 aromatic rings. The Bertz CT molecular complexity index is 822. The van der Waals surface area contributed by atoms with Gasteiger partial charge in [-0.05, 0) is 83.2 Å². The van der Waals surface area contributed by atoms with E-state index >= 15 is 0 Å². The SMILES string of the molecule is CC1(C)OB(c2ccc(C=CCN[C@H](C(=O)OC3CCCC3)C3CCCCC3)cc2)OC1(C)C. The average molecular weight is 467 g/mol. The maximum Gasteiger partial charge on any atom is 0.494 e. The Morgan fingerprint density at radius 3 is 2.21 bits per heavy atom. The van der Waals surface area contributed by atoms with Crippen molar-refractivity contribution < 1.29 is 18.8 Å². The standard InChI is InChI=1S/C28H42BNO4/c1-27(2)28(3,4)34-29(33-27)23-18-16-21(17-19-23)11-10-20-30-25(22-12-6-5-7-13-22)26(31)32-24-14-8-9-15-24/h10-11,16-19,22,24-25,30H,5-9,12-15,20H2,1-4H3/t25-/m0/s1.